The van der Waals surface area contributed by atoms with Crippen molar-refractivity contribution in [3.8, 4) is 0 Å². The van der Waals surface area contributed by atoms with E-state index in [1.165, 1.54) is 6.07 Å². The molecule has 3 nitrogen and oxygen atoms in total. The first-order valence-corrected chi connectivity index (χ1v) is 6.05. The Morgan fingerprint density at radius 2 is 2.25 bits per heavy atom. The second kappa shape index (κ2) is 4.59. The fourth-order valence-electron chi connectivity index (χ4n) is 2.00. The number of anilines is 2. The lowest BCUT2D eigenvalue weighted by Crippen LogP contribution is -2.38. The molecule has 1 heterocycles. The van der Waals surface area contributed by atoms with Gasteiger partial charge in [-0.2, -0.15) is 0 Å². The van der Waals surface area contributed by atoms with Crippen molar-refractivity contribution in [2.45, 2.75) is 18.9 Å². The maximum Gasteiger partial charge on any atom is 0.139 e. The molecule has 0 amide bonds. The molecule has 1 fully saturated rings. The smallest absolute Gasteiger partial charge is 0.139 e. The van der Waals surface area contributed by atoms with E-state index in [1.807, 2.05) is 4.90 Å². The number of β-amino-alcohol motifs (C(OH)–C–C–N with tert-alkyl or cyclic N) is 1. The standard InChI is InChI=1S/C11H14BrFN2O/c12-8-4-10(14)11(5-9(8)13)15-3-1-2-7(16)6-15/h4-5,7,16H,1-3,6,14H2. The highest BCUT2D eigenvalue weighted by atomic mass is 79.9. The van der Waals surface area contributed by atoms with Crippen LogP contribution in [0.4, 0.5) is 15.8 Å². The van der Waals surface area contributed by atoms with Crippen LogP contribution in [0.15, 0.2) is 16.6 Å². The lowest BCUT2D eigenvalue weighted by atomic mass is 10.1. The van der Waals surface area contributed by atoms with E-state index in [-0.39, 0.29) is 11.9 Å². The molecular formula is C11H14BrFN2O. The lowest BCUT2D eigenvalue weighted by molar-refractivity contribution is 0.154. The van der Waals surface area contributed by atoms with Gasteiger partial charge in [0.2, 0.25) is 0 Å². The molecule has 1 aromatic carbocycles. The van der Waals surface area contributed by atoms with Gasteiger partial charge in [0.25, 0.3) is 0 Å². The molecule has 5 heteroatoms. The van der Waals surface area contributed by atoms with Crippen LogP contribution >= 0.6 is 15.9 Å². The van der Waals surface area contributed by atoms with Crippen LogP contribution in [0.1, 0.15) is 12.8 Å². The first-order chi connectivity index (χ1) is 7.58. The third-order valence-corrected chi connectivity index (χ3v) is 3.41. The van der Waals surface area contributed by atoms with E-state index in [1.54, 1.807) is 6.07 Å². The molecule has 3 N–H and O–H groups in total. The van der Waals surface area contributed by atoms with E-state index in [0.717, 1.165) is 19.4 Å². The number of piperidine rings is 1. The molecule has 0 aliphatic carbocycles. The number of halogens is 2. The second-order valence-corrected chi connectivity index (χ2v) is 4.92. The van der Waals surface area contributed by atoms with Gasteiger partial charge in [0.05, 0.1) is 22.0 Å². The van der Waals surface area contributed by atoms with Gasteiger partial charge < -0.3 is 15.7 Å². The van der Waals surface area contributed by atoms with E-state index in [0.29, 0.717) is 22.4 Å². The highest BCUT2D eigenvalue weighted by molar-refractivity contribution is 9.10. The Morgan fingerprint density at radius 3 is 2.94 bits per heavy atom. The lowest BCUT2D eigenvalue weighted by Gasteiger charge is -2.32. The minimum Gasteiger partial charge on any atom is -0.397 e. The molecule has 0 saturated carbocycles. The predicted octanol–water partition coefficient (Wildman–Crippen LogP) is 2.13. The largest absolute Gasteiger partial charge is 0.397 e. The van der Waals surface area contributed by atoms with Gasteiger partial charge >= 0.3 is 0 Å². The fraction of sp³-hybridized carbons (Fsp3) is 0.455. The van der Waals surface area contributed by atoms with Crippen molar-refractivity contribution in [1.29, 1.82) is 0 Å². The third-order valence-electron chi connectivity index (χ3n) is 2.81. The Kier molecular flexibility index (Phi) is 3.35. The van der Waals surface area contributed by atoms with Crippen LogP contribution in [0.5, 0.6) is 0 Å². The van der Waals surface area contributed by atoms with Crippen molar-refractivity contribution in [1.82, 2.24) is 0 Å². The molecule has 0 bridgehead atoms. The monoisotopic (exact) mass is 288 g/mol. The van der Waals surface area contributed by atoms with E-state index >= 15 is 0 Å². The van der Waals surface area contributed by atoms with Gasteiger partial charge in [-0.05, 0) is 34.8 Å². The zero-order valence-electron chi connectivity index (χ0n) is 8.79. The Hall–Kier alpha value is -0.810. The van der Waals surface area contributed by atoms with Crippen molar-refractivity contribution in [3.05, 3.63) is 22.4 Å². The number of hydrogen-bond donors (Lipinski definition) is 2. The quantitative estimate of drug-likeness (QED) is 0.779. The topological polar surface area (TPSA) is 49.5 Å². The first kappa shape index (κ1) is 11.7. The highest BCUT2D eigenvalue weighted by Gasteiger charge is 2.20. The maximum absolute atomic E-state index is 13.4. The normalized spacial score (nSPS) is 21.2. The van der Waals surface area contributed by atoms with E-state index in [4.69, 9.17) is 5.73 Å². The molecular weight excluding hydrogens is 275 g/mol. The van der Waals surface area contributed by atoms with Crippen LogP contribution in [-0.2, 0) is 0 Å². The zero-order chi connectivity index (χ0) is 11.7. The average Bonchev–Trinajstić information content (AvgIpc) is 2.23. The number of rotatable bonds is 1. The van der Waals surface area contributed by atoms with Gasteiger partial charge in [-0.3, -0.25) is 0 Å². The summed E-state index contributed by atoms with van der Waals surface area (Å²) in [5.74, 6) is -0.329. The van der Waals surface area contributed by atoms with Gasteiger partial charge in [0.15, 0.2) is 0 Å². The number of nitrogen functional groups attached to an aromatic ring is 1. The van der Waals surface area contributed by atoms with Crippen molar-refractivity contribution < 1.29 is 9.50 Å². The van der Waals surface area contributed by atoms with Crippen molar-refractivity contribution in [3.63, 3.8) is 0 Å². The van der Waals surface area contributed by atoms with Gasteiger partial charge in [-0.1, -0.05) is 0 Å². The molecule has 1 aromatic rings. The predicted molar refractivity (Wildman–Crippen MR) is 66.0 cm³/mol. The molecule has 0 aromatic heterocycles. The van der Waals surface area contributed by atoms with Gasteiger partial charge in [0, 0.05) is 19.2 Å². The van der Waals surface area contributed by atoms with Crippen molar-refractivity contribution >= 4 is 27.3 Å². The number of benzene rings is 1. The SMILES string of the molecule is Nc1cc(Br)c(F)cc1N1CCCC(O)C1. The Bertz CT molecular complexity index is 400. The van der Waals surface area contributed by atoms with Crippen LogP contribution in [0.3, 0.4) is 0 Å². The Labute approximate surface area is 102 Å². The van der Waals surface area contributed by atoms with Gasteiger partial charge in [0.1, 0.15) is 5.82 Å². The Morgan fingerprint density at radius 1 is 1.50 bits per heavy atom. The number of nitrogens with two attached hydrogens (primary N) is 1. The summed E-state index contributed by atoms with van der Waals surface area (Å²) >= 11 is 3.09. The summed E-state index contributed by atoms with van der Waals surface area (Å²) in [5.41, 5.74) is 7.04. The summed E-state index contributed by atoms with van der Waals surface area (Å²) in [6, 6.07) is 2.98. The van der Waals surface area contributed by atoms with E-state index in [9.17, 15) is 9.50 Å². The summed E-state index contributed by atoms with van der Waals surface area (Å²) in [6.07, 6.45) is 1.35. The van der Waals surface area contributed by atoms with Crippen LogP contribution in [0, 0.1) is 5.82 Å². The molecule has 1 aliphatic heterocycles. The summed E-state index contributed by atoms with van der Waals surface area (Å²) in [7, 11) is 0. The zero-order valence-corrected chi connectivity index (χ0v) is 10.4. The molecule has 1 saturated heterocycles. The highest BCUT2D eigenvalue weighted by Crippen LogP contribution is 2.31. The summed E-state index contributed by atoms with van der Waals surface area (Å²) in [4.78, 5) is 1.93. The first-order valence-electron chi connectivity index (χ1n) is 5.25. The third kappa shape index (κ3) is 2.30. The summed E-state index contributed by atoms with van der Waals surface area (Å²) < 4.78 is 13.8. The average molecular weight is 289 g/mol. The molecule has 1 aliphatic rings. The van der Waals surface area contributed by atoms with Crippen LogP contribution in [0.2, 0.25) is 0 Å². The summed E-state index contributed by atoms with van der Waals surface area (Å²) in [6.45, 7) is 1.33. The molecule has 1 atom stereocenters. The summed E-state index contributed by atoms with van der Waals surface area (Å²) in [5, 5.41) is 9.57. The molecule has 0 spiro atoms. The molecule has 88 valence electrons. The number of aliphatic hydroxyl groups is 1. The molecule has 0 radical (unpaired) electrons. The van der Waals surface area contributed by atoms with E-state index in [2.05, 4.69) is 15.9 Å². The number of hydrogen-bond acceptors (Lipinski definition) is 3. The van der Waals surface area contributed by atoms with Gasteiger partial charge in [-0.15, -0.1) is 0 Å². The molecule has 2 rings (SSSR count). The molecule has 16 heavy (non-hydrogen) atoms. The van der Waals surface area contributed by atoms with Crippen LogP contribution in [-0.4, -0.2) is 24.3 Å². The Balaban J connectivity index is 2.29. The van der Waals surface area contributed by atoms with Gasteiger partial charge in [-0.25, -0.2) is 4.39 Å². The fourth-order valence-corrected chi connectivity index (χ4v) is 2.36. The second-order valence-electron chi connectivity index (χ2n) is 4.07. The number of aliphatic hydroxyl groups excluding tert-OH is 1. The minimum atomic E-state index is -0.347. The number of nitrogens with zero attached hydrogens (tertiary/aromatic N) is 1. The van der Waals surface area contributed by atoms with E-state index < -0.39 is 0 Å². The van der Waals surface area contributed by atoms with Crippen LogP contribution < -0.4 is 10.6 Å². The van der Waals surface area contributed by atoms with Crippen molar-refractivity contribution in [2.24, 2.45) is 0 Å². The van der Waals surface area contributed by atoms with Crippen LogP contribution in [0.25, 0.3) is 0 Å². The molecule has 1 unspecified atom stereocenters. The maximum atomic E-state index is 13.4. The van der Waals surface area contributed by atoms with Crippen molar-refractivity contribution in [2.75, 3.05) is 23.7 Å². The minimum absolute atomic E-state index is 0.329.